The third kappa shape index (κ3) is 8.24. The molecule has 1 aromatic rings. The van der Waals surface area contributed by atoms with Crippen molar-refractivity contribution in [2.75, 3.05) is 13.1 Å². The molecule has 0 atom stereocenters. The smallest absolute Gasteiger partial charge is 0.290 e. The van der Waals surface area contributed by atoms with Gasteiger partial charge in [0.2, 0.25) is 0 Å². The quantitative estimate of drug-likeness (QED) is 0.773. The predicted molar refractivity (Wildman–Crippen MR) is 101 cm³/mol. The third-order valence-corrected chi connectivity index (χ3v) is 4.07. The molecule has 1 aliphatic heterocycles. The van der Waals surface area contributed by atoms with Crippen LogP contribution in [0.15, 0.2) is 18.2 Å². The van der Waals surface area contributed by atoms with E-state index in [1.165, 1.54) is 0 Å². The highest BCUT2D eigenvalue weighted by Crippen LogP contribution is 2.26. The van der Waals surface area contributed by atoms with Gasteiger partial charge in [0, 0.05) is 24.7 Å². The van der Waals surface area contributed by atoms with Gasteiger partial charge in [-0.25, -0.2) is 0 Å². The van der Waals surface area contributed by atoms with E-state index >= 15 is 0 Å². The minimum Gasteiger partial charge on any atom is -0.490 e. The van der Waals surface area contributed by atoms with E-state index < -0.39 is 0 Å². The summed E-state index contributed by atoms with van der Waals surface area (Å²) in [6, 6.07) is 7.32. The summed E-state index contributed by atoms with van der Waals surface area (Å²) in [5.74, 6) is 0.753. The number of nitriles is 1. The monoisotopic (exact) mass is 368 g/mol. The van der Waals surface area contributed by atoms with Gasteiger partial charge in [0.25, 0.3) is 6.47 Å². The summed E-state index contributed by atoms with van der Waals surface area (Å²) in [6.07, 6.45) is 2.28. The lowest BCUT2D eigenvalue weighted by Gasteiger charge is -2.40. The van der Waals surface area contributed by atoms with E-state index in [1.54, 1.807) is 12.1 Å². The zero-order chi connectivity index (χ0) is 19.5. The Balaban J connectivity index is 0.00000104. The molecule has 0 saturated carbocycles. The first-order valence-electron chi connectivity index (χ1n) is 8.51. The summed E-state index contributed by atoms with van der Waals surface area (Å²) in [4.78, 5) is 10.8. The number of hydrogen-bond acceptors (Lipinski definition) is 4. The molecule has 140 valence electrons. The average molecular weight is 369 g/mol. The fraction of sp³-hybridized carbons (Fsp3) is 0.579. The van der Waals surface area contributed by atoms with Crippen molar-refractivity contribution >= 4 is 18.1 Å². The molecule has 2 rings (SSSR count). The molecule has 1 fully saturated rings. The molecule has 0 bridgehead atoms. The SMILES string of the molecule is CC.CC(C)(C)N1CCC(Oc2ccc(C#N)c(Cl)c2)CC1.O=CO. The van der Waals surface area contributed by atoms with Crippen molar-refractivity contribution in [3.05, 3.63) is 28.8 Å². The van der Waals surface area contributed by atoms with Crippen LogP contribution in [0.4, 0.5) is 0 Å². The van der Waals surface area contributed by atoms with E-state index in [4.69, 9.17) is 31.5 Å². The van der Waals surface area contributed by atoms with Crippen molar-refractivity contribution in [2.45, 2.75) is 59.1 Å². The molecular formula is C19H29ClN2O3. The van der Waals surface area contributed by atoms with Crippen molar-refractivity contribution < 1.29 is 14.6 Å². The van der Waals surface area contributed by atoms with E-state index in [9.17, 15) is 0 Å². The van der Waals surface area contributed by atoms with Crippen LogP contribution < -0.4 is 4.74 Å². The Morgan fingerprint density at radius 2 is 1.84 bits per heavy atom. The van der Waals surface area contributed by atoms with E-state index in [2.05, 4.69) is 31.7 Å². The standard InChI is InChI=1S/C16H21ClN2O.C2H6.CH2O2/c1-16(2,3)19-8-6-13(7-9-19)20-14-5-4-12(11-18)15(17)10-14;1-2;2-1-3/h4-5,10,13H,6-9H2,1-3H3;1-2H3;1H,(H,2,3). The average Bonchev–Trinajstić information content (AvgIpc) is 2.57. The lowest BCUT2D eigenvalue weighted by molar-refractivity contribution is -0.122. The van der Waals surface area contributed by atoms with Gasteiger partial charge in [-0.1, -0.05) is 25.4 Å². The second-order valence-electron chi connectivity index (χ2n) is 6.33. The van der Waals surface area contributed by atoms with Gasteiger partial charge in [0.05, 0.1) is 10.6 Å². The Morgan fingerprint density at radius 1 is 1.32 bits per heavy atom. The number of carboxylic acid groups (broad SMARTS) is 1. The molecule has 5 nitrogen and oxygen atoms in total. The van der Waals surface area contributed by atoms with E-state index in [1.807, 2.05) is 19.9 Å². The van der Waals surface area contributed by atoms with Gasteiger partial charge in [0.1, 0.15) is 17.9 Å². The number of rotatable bonds is 2. The fourth-order valence-electron chi connectivity index (χ4n) is 2.50. The molecule has 25 heavy (non-hydrogen) atoms. The number of nitrogens with zero attached hydrogens (tertiary/aromatic N) is 2. The highest BCUT2D eigenvalue weighted by Gasteiger charge is 2.27. The van der Waals surface area contributed by atoms with E-state index in [0.29, 0.717) is 10.6 Å². The van der Waals surface area contributed by atoms with Gasteiger partial charge >= 0.3 is 0 Å². The van der Waals surface area contributed by atoms with Crippen molar-refractivity contribution in [1.82, 2.24) is 4.90 Å². The van der Waals surface area contributed by atoms with Crippen LogP contribution >= 0.6 is 11.6 Å². The minimum absolute atomic E-state index is 0.225. The largest absolute Gasteiger partial charge is 0.490 e. The van der Waals surface area contributed by atoms with Crippen LogP contribution in [0.2, 0.25) is 5.02 Å². The Bertz CT molecular complexity index is 557. The van der Waals surface area contributed by atoms with E-state index in [0.717, 1.165) is 31.7 Å². The molecule has 0 aromatic heterocycles. The Morgan fingerprint density at radius 3 is 2.24 bits per heavy atom. The summed E-state index contributed by atoms with van der Waals surface area (Å²) in [5.41, 5.74) is 0.712. The molecular weight excluding hydrogens is 340 g/mol. The minimum atomic E-state index is -0.250. The van der Waals surface area contributed by atoms with Crippen LogP contribution in [0.3, 0.4) is 0 Å². The molecule has 1 aromatic carbocycles. The Kier molecular flexibility index (Phi) is 10.9. The topological polar surface area (TPSA) is 73.6 Å². The predicted octanol–water partition coefficient (Wildman–Crippen LogP) is 4.58. The number of hydrogen-bond donors (Lipinski definition) is 1. The number of ether oxygens (including phenoxy) is 1. The molecule has 0 aliphatic carbocycles. The molecule has 1 aliphatic rings. The second-order valence-corrected chi connectivity index (χ2v) is 6.74. The molecule has 0 spiro atoms. The highest BCUT2D eigenvalue weighted by atomic mass is 35.5. The van der Waals surface area contributed by atoms with Gasteiger partial charge in [-0.15, -0.1) is 0 Å². The van der Waals surface area contributed by atoms with E-state index in [-0.39, 0.29) is 18.1 Å². The Hall–Kier alpha value is -1.77. The first kappa shape index (κ1) is 23.2. The third-order valence-electron chi connectivity index (χ3n) is 3.75. The van der Waals surface area contributed by atoms with Crippen LogP contribution in [-0.2, 0) is 4.79 Å². The number of likely N-dealkylation sites (tertiary alicyclic amines) is 1. The summed E-state index contributed by atoms with van der Waals surface area (Å²) in [7, 11) is 0. The van der Waals surface area contributed by atoms with Crippen LogP contribution in [0, 0.1) is 11.3 Å². The van der Waals surface area contributed by atoms with Crippen LogP contribution in [0.1, 0.15) is 53.0 Å². The van der Waals surface area contributed by atoms with Crippen molar-refractivity contribution in [3.63, 3.8) is 0 Å². The number of halogens is 1. The van der Waals surface area contributed by atoms with Gasteiger partial charge < -0.3 is 9.84 Å². The molecule has 1 saturated heterocycles. The first-order valence-corrected chi connectivity index (χ1v) is 8.88. The number of piperidine rings is 1. The molecule has 0 amide bonds. The summed E-state index contributed by atoms with van der Waals surface area (Å²) in [5, 5.41) is 16.2. The Labute approximate surface area is 156 Å². The summed E-state index contributed by atoms with van der Waals surface area (Å²) < 4.78 is 5.98. The maximum Gasteiger partial charge on any atom is 0.290 e. The van der Waals surface area contributed by atoms with Crippen LogP contribution in [0.5, 0.6) is 5.75 Å². The highest BCUT2D eigenvalue weighted by molar-refractivity contribution is 6.31. The number of carbonyl (C=O) groups is 1. The van der Waals surface area contributed by atoms with Gasteiger partial charge in [-0.2, -0.15) is 5.26 Å². The van der Waals surface area contributed by atoms with Gasteiger partial charge in [-0.05, 0) is 45.7 Å². The van der Waals surface area contributed by atoms with Gasteiger partial charge in [-0.3, -0.25) is 9.69 Å². The summed E-state index contributed by atoms with van der Waals surface area (Å²) in [6.45, 7) is 12.6. The lowest BCUT2D eigenvalue weighted by Crippen LogP contribution is -2.48. The van der Waals surface area contributed by atoms with Crippen molar-refractivity contribution in [3.8, 4) is 11.8 Å². The lowest BCUT2D eigenvalue weighted by atomic mass is 9.99. The molecule has 0 radical (unpaired) electrons. The zero-order valence-electron chi connectivity index (χ0n) is 15.8. The normalized spacial score (nSPS) is 14.9. The maximum absolute atomic E-state index is 8.86. The molecule has 6 heteroatoms. The molecule has 1 N–H and O–H groups in total. The number of benzene rings is 1. The first-order chi connectivity index (χ1) is 11.8. The maximum atomic E-state index is 8.86. The fourth-order valence-corrected chi connectivity index (χ4v) is 2.71. The van der Waals surface area contributed by atoms with Crippen molar-refractivity contribution in [1.29, 1.82) is 5.26 Å². The van der Waals surface area contributed by atoms with Crippen molar-refractivity contribution in [2.24, 2.45) is 0 Å². The zero-order valence-corrected chi connectivity index (χ0v) is 16.5. The molecule has 0 unspecified atom stereocenters. The van der Waals surface area contributed by atoms with Crippen LogP contribution in [0.25, 0.3) is 0 Å². The summed E-state index contributed by atoms with van der Waals surface area (Å²) >= 11 is 6.02. The molecule has 1 heterocycles. The van der Waals surface area contributed by atoms with Crippen LogP contribution in [-0.4, -0.2) is 41.2 Å². The van der Waals surface area contributed by atoms with Gasteiger partial charge in [0.15, 0.2) is 0 Å². The second kappa shape index (κ2) is 11.7.